The van der Waals surface area contributed by atoms with E-state index < -0.39 is 6.10 Å². The third-order valence-electron chi connectivity index (χ3n) is 2.35. The Hall–Kier alpha value is -0.550. The Morgan fingerprint density at radius 2 is 2.11 bits per heavy atom. The van der Waals surface area contributed by atoms with Crippen molar-refractivity contribution < 1.29 is 5.11 Å². The molecule has 0 amide bonds. The van der Waals surface area contributed by atoms with Crippen LogP contribution >= 0.6 is 39.3 Å². The maximum atomic E-state index is 9.48. The second-order valence-corrected chi connectivity index (χ2v) is 6.17. The van der Waals surface area contributed by atoms with Gasteiger partial charge in [-0.25, -0.2) is 4.98 Å². The van der Waals surface area contributed by atoms with E-state index in [-0.39, 0.29) is 0 Å². The summed E-state index contributed by atoms with van der Waals surface area (Å²) in [7, 11) is 0. The minimum atomic E-state index is -0.507. The molecule has 1 N–H and O–H groups in total. The van der Waals surface area contributed by atoms with Gasteiger partial charge in [0.25, 0.3) is 0 Å². The maximum Gasteiger partial charge on any atom is 0.101 e. The van der Waals surface area contributed by atoms with Gasteiger partial charge in [-0.15, -0.1) is 0 Å². The van der Waals surface area contributed by atoms with Crippen molar-refractivity contribution in [2.75, 3.05) is 0 Å². The number of aliphatic hydroxyl groups is 1. The van der Waals surface area contributed by atoms with Crippen molar-refractivity contribution in [1.29, 1.82) is 0 Å². The number of hydrogen-bond donors (Lipinski definition) is 1. The smallest absolute Gasteiger partial charge is 0.101 e. The molecule has 1 aromatic heterocycles. The molecule has 0 unspecified atom stereocenters. The highest BCUT2D eigenvalue weighted by Gasteiger charge is 2.07. The topological polar surface area (TPSA) is 33.1 Å². The monoisotopic (exact) mass is 343 g/mol. The molecule has 1 atom stereocenters. The summed E-state index contributed by atoms with van der Waals surface area (Å²) in [6.07, 6.45) is 1.24. The highest BCUT2D eigenvalue weighted by molar-refractivity contribution is 9.10. The first-order valence-corrected chi connectivity index (χ1v) is 7.32. The zero-order valence-electron chi connectivity index (χ0n) is 9.60. The number of benzene rings is 1. The van der Waals surface area contributed by atoms with Gasteiger partial charge in [0.2, 0.25) is 0 Å². The summed E-state index contributed by atoms with van der Waals surface area (Å²) < 4.78 is 0.947. The van der Waals surface area contributed by atoms with Crippen molar-refractivity contribution in [2.24, 2.45) is 0 Å². The summed E-state index contributed by atoms with van der Waals surface area (Å²) in [5.74, 6) is 0. The standard InChI is InChI=1S/C13H11BrClNOS/c1-8(17)9-2-4-12(11(15)6-9)18-13-5-3-10(14)7-16-13/h2-8,17H,1H3/t8-/m1/s1. The Morgan fingerprint density at radius 1 is 1.33 bits per heavy atom. The van der Waals surface area contributed by atoms with Crippen molar-refractivity contribution in [3.8, 4) is 0 Å². The Bertz CT molecular complexity index is 545. The first kappa shape index (κ1) is 13.9. The first-order valence-electron chi connectivity index (χ1n) is 5.33. The molecule has 1 heterocycles. The average Bonchev–Trinajstić information content (AvgIpc) is 2.34. The quantitative estimate of drug-likeness (QED) is 0.876. The van der Waals surface area contributed by atoms with Crippen LogP contribution < -0.4 is 0 Å². The van der Waals surface area contributed by atoms with Gasteiger partial charge in [-0.1, -0.05) is 29.4 Å². The molecule has 0 saturated heterocycles. The molecule has 0 aliphatic rings. The predicted octanol–water partition coefficient (Wildman–Crippen LogP) is 4.70. The van der Waals surface area contributed by atoms with Crippen LogP contribution in [-0.4, -0.2) is 10.1 Å². The van der Waals surface area contributed by atoms with Crippen LogP contribution in [0.3, 0.4) is 0 Å². The molecule has 18 heavy (non-hydrogen) atoms. The summed E-state index contributed by atoms with van der Waals surface area (Å²) in [4.78, 5) is 5.21. The van der Waals surface area contributed by atoms with Gasteiger partial charge in [0.05, 0.1) is 11.1 Å². The molecule has 2 rings (SSSR count). The molecule has 0 aliphatic heterocycles. The molecule has 0 aliphatic carbocycles. The number of pyridine rings is 1. The fourth-order valence-electron chi connectivity index (χ4n) is 1.40. The van der Waals surface area contributed by atoms with Crippen molar-refractivity contribution in [2.45, 2.75) is 22.9 Å². The summed E-state index contributed by atoms with van der Waals surface area (Å²) >= 11 is 11.0. The fourth-order valence-corrected chi connectivity index (χ4v) is 2.69. The molecule has 2 nitrogen and oxygen atoms in total. The number of rotatable bonds is 3. The molecule has 0 radical (unpaired) electrons. The number of nitrogens with zero attached hydrogens (tertiary/aromatic N) is 1. The van der Waals surface area contributed by atoms with E-state index in [1.165, 1.54) is 11.8 Å². The lowest BCUT2D eigenvalue weighted by molar-refractivity contribution is 0.199. The Morgan fingerprint density at radius 3 is 2.67 bits per heavy atom. The van der Waals surface area contributed by atoms with Crippen LogP contribution in [0.1, 0.15) is 18.6 Å². The van der Waals surface area contributed by atoms with Gasteiger partial charge in [0.1, 0.15) is 5.03 Å². The summed E-state index contributed by atoms with van der Waals surface area (Å²) in [6, 6.07) is 9.42. The average molecular weight is 345 g/mol. The van der Waals surface area contributed by atoms with E-state index in [9.17, 15) is 5.11 Å². The van der Waals surface area contributed by atoms with Crippen molar-refractivity contribution in [3.63, 3.8) is 0 Å². The SMILES string of the molecule is C[C@@H](O)c1ccc(Sc2ccc(Br)cn2)c(Cl)c1. The lowest BCUT2D eigenvalue weighted by Crippen LogP contribution is -1.91. The van der Waals surface area contributed by atoms with Crippen LogP contribution in [0.4, 0.5) is 0 Å². The largest absolute Gasteiger partial charge is 0.389 e. The number of hydrogen-bond acceptors (Lipinski definition) is 3. The molecular weight excluding hydrogens is 334 g/mol. The third-order valence-corrected chi connectivity index (χ3v) is 4.27. The third kappa shape index (κ3) is 3.48. The van der Waals surface area contributed by atoms with Gasteiger partial charge in [-0.2, -0.15) is 0 Å². The number of aromatic nitrogens is 1. The molecule has 0 saturated carbocycles. The van der Waals surface area contributed by atoms with Gasteiger partial charge in [-0.05, 0) is 52.7 Å². The van der Waals surface area contributed by atoms with Gasteiger partial charge in [-0.3, -0.25) is 0 Å². The fraction of sp³-hybridized carbons (Fsp3) is 0.154. The summed E-state index contributed by atoms with van der Waals surface area (Å²) in [6.45, 7) is 1.72. The van der Waals surface area contributed by atoms with Crippen molar-refractivity contribution in [3.05, 3.63) is 51.6 Å². The maximum absolute atomic E-state index is 9.48. The normalized spacial score (nSPS) is 12.4. The van der Waals surface area contributed by atoms with E-state index in [1.807, 2.05) is 24.3 Å². The van der Waals surface area contributed by atoms with Gasteiger partial charge in [0.15, 0.2) is 0 Å². The Labute approximate surface area is 124 Å². The van der Waals surface area contributed by atoms with Crippen LogP contribution in [0.25, 0.3) is 0 Å². The van der Waals surface area contributed by atoms with Crippen molar-refractivity contribution >= 4 is 39.3 Å². The van der Waals surface area contributed by atoms with E-state index in [1.54, 1.807) is 19.2 Å². The zero-order chi connectivity index (χ0) is 13.1. The highest BCUT2D eigenvalue weighted by atomic mass is 79.9. The van der Waals surface area contributed by atoms with Crippen LogP contribution in [0.2, 0.25) is 5.02 Å². The summed E-state index contributed by atoms with van der Waals surface area (Å²) in [5.41, 5.74) is 0.813. The summed E-state index contributed by atoms with van der Waals surface area (Å²) in [5, 5.41) is 11.0. The number of halogens is 2. The van der Waals surface area contributed by atoms with E-state index in [0.29, 0.717) is 5.02 Å². The van der Waals surface area contributed by atoms with Crippen LogP contribution in [0.5, 0.6) is 0 Å². The Balaban J connectivity index is 2.22. The molecule has 94 valence electrons. The minimum Gasteiger partial charge on any atom is -0.389 e. The van der Waals surface area contributed by atoms with E-state index in [4.69, 9.17) is 11.6 Å². The second kappa shape index (κ2) is 6.06. The van der Waals surface area contributed by atoms with Gasteiger partial charge in [0, 0.05) is 15.6 Å². The molecule has 0 fully saturated rings. The van der Waals surface area contributed by atoms with Crippen molar-refractivity contribution in [1.82, 2.24) is 4.98 Å². The second-order valence-electron chi connectivity index (χ2n) is 3.78. The van der Waals surface area contributed by atoms with Crippen LogP contribution in [0.15, 0.2) is 50.9 Å². The van der Waals surface area contributed by atoms with E-state index in [0.717, 1.165) is 20.0 Å². The lowest BCUT2D eigenvalue weighted by Gasteiger charge is -2.08. The van der Waals surface area contributed by atoms with Gasteiger partial charge < -0.3 is 5.11 Å². The number of aliphatic hydroxyl groups excluding tert-OH is 1. The highest BCUT2D eigenvalue weighted by Crippen LogP contribution is 2.34. The molecule has 1 aromatic carbocycles. The first-order chi connectivity index (χ1) is 8.56. The van der Waals surface area contributed by atoms with Crippen LogP contribution in [0, 0.1) is 0 Å². The van der Waals surface area contributed by atoms with E-state index >= 15 is 0 Å². The predicted molar refractivity (Wildman–Crippen MR) is 78.1 cm³/mol. The Kier molecular flexibility index (Phi) is 4.67. The molecule has 0 spiro atoms. The minimum absolute atomic E-state index is 0.507. The molecule has 2 aromatic rings. The lowest BCUT2D eigenvalue weighted by atomic mass is 10.1. The van der Waals surface area contributed by atoms with E-state index in [2.05, 4.69) is 20.9 Å². The molecule has 0 bridgehead atoms. The molecular formula is C13H11BrClNOS. The zero-order valence-corrected chi connectivity index (χ0v) is 12.8. The molecule has 5 heteroatoms. The van der Waals surface area contributed by atoms with Gasteiger partial charge >= 0.3 is 0 Å². The van der Waals surface area contributed by atoms with Crippen LogP contribution in [-0.2, 0) is 0 Å².